The van der Waals surface area contributed by atoms with E-state index in [0.29, 0.717) is 12.6 Å². The summed E-state index contributed by atoms with van der Waals surface area (Å²) in [5.74, 6) is 0.564. The molecule has 1 aromatic heterocycles. The largest absolute Gasteiger partial charge is 0.356 e. The maximum atomic E-state index is 13.2. The normalized spacial score (nSPS) is 15.4. The predicted octanol–water partition coefficient (Wildman–Crippen LogP) is 3.35. The van der Waals surface area contributed by atoms with Gasteiger partial charge in [-0.2, -0.15) is 5.10 Å². The second kappa shape index (κ2) is 8.83. The highest BCUT2D eigenvalue weighted by atomic mass is 19.1. The van der Waals surface area contributed by atoms with Gasteiger partial charge in [0, 0.05) is 19.8 Å². The first-order valence-corrected chi connectivity index (χ1v) is 9.39. The zero-order chi connectivity index (χ0) is 18.4. The summed E-state index contributed by atoms with van der Waals surface area (Å²) >= 11 is 0. The Hall–Kier alpha value is -2.37. The van der Waals surface area contributed by atoms with Gasteiger partial charge in [0.1, 0.15) is 5.82 Å². The number of aromatic nitrogens is 2. The van der Waals surface area contributed by atoms with Crippen molar-refractivity contribution in [1.82, 2.24) is 20.4 Å². The van der Waals surface area contributed by atoms with E-state index < -0.39 is 0 Å². The smallest absolute Gasteiger partial charge is 0.191 e. The molecule has 6 heteroatoms. The maximum Gasteiger partial charge on any atom is 0.191 e. The van der Waals surface area contributed by atoms with Gasteiger partial charge in [-0.3, -0.25) is 9.67 Å². The number of halogens is 1. The van der Waals surface area contributed by atoms with Gasteiger partial charge in [0.25, 0.3) is 0 Å². The Bertz CT molecular complexity index is 746. The maximum absolute atomic E-state index is 13.2. The molecule has 5 nitrogen and oxygen atoms in total. The molecule has 1 fully saturated rings. The standard InChI is InChI=1S/C20H28FN5/c1-15-13-17(21)8-7-16(15)9-11-23-20(22-2)24-14-18-10-12-26(25-18)19-5-3-4-6-19/h7-8,10,12-13,19H,3-6,9,11,14H2,1-2H3,(H2,22,23,24). The minimum Gasteiger partial charge on any atom is -0.356 e. The Labute approximate surface area is 154 Å². The molecule has 1 aromatic carbocycles. The summed E-state index contributed by atoms with van der Waals surface area (Å²) in [6.07, 6.45) is 8.00. The molecule has 1 saturated carbocycles. The highest BCUT2D eigenvalue weighted by Crippen LogP contribution is 2.28. The average Bonchev–Trinajstić information content (AvgIpc) is 3.31. The molecule has 0 saturated heterocycles. The summed E-state index contributed by atoms with van der Waals surface area (Å²) in [4.78, 5) is 4.25. The molecule has 2 aromatic rings. The second-order valence-corrected chi connectivity index (χ2v) is 6.90. The van der Waals surface area contributed by atoms with Crippen LogP contribution in [0.15, 0.2) is 35.5 Å². The minimum absolute atomic E-state index is 0.186. The van der Waals surface area contributed by atoms with Crippen LogP contribution in [0.5, 0.6) is 0 Å². The molecule has 0 aliphatic heterocycles. The minimum atomic E-state index is -0.186. The van der Waals surface area contributed by atoms with Crippen LogP contribution < -0.4 is 10.6 Å². The van der Waals surface area contributed by atoms with Gasteiger partial charge >= 0.3 is 0 Å². The van der Waals surface area contributed by atoms with E-state index in [4.69, 9.17) is 0 Å². The number of nitrogens with zero attached hydrogens (tertiary/aromatic N) is 3. The summed E-state index contributed by atoms with van der Waals surface area (Å²) in [5.41, 5.74) is 3.14. The molecular weight excluding hydrogens is 329 g/mol. The molecule has 0 bridgehead atoms. The summed E-state index contributed by atoms with van der Waals surface area (Å²) in [7, 11) is 1.76. The fraction of sp³-hybridized carbons (Fsp3) is 0.500. The number of hydrogen-bond acceptors (Lipinski definition) is 2. The van der Waals surface area contributed by atoms with Crippen molar-refractivity contribution < 1.29 is 4.39 Å². The van der Waals surface area contributed by atoms with Gasteiger partial charge in [-0.1, -0.05) is 18.9 Å². The number of rotatable bonds is 6. The van der Waals surface area contributed by atoms with Gasteiger partial charge in [0.2, 0.25) is 0 Å². The highest BCUT2D eigenvalue weighted by molar-refractivity contribution is 5.79. The number of aryl methyl sites for hydroxylation is 1. The van der Waals surface area contributed by atoms with E-state index in [1.165, 1.54) is 31.7 Å². The molecule has 140 valence electrons. The number of aliphatic imine (C=N–C) groups is 1. The molecule has 0 radical (unpaired) electrons. The summed E-state index contributed by atoms with van der Waals surface area (Å²) in [5, 5.41) is 11.3. The molecule has 1 aliphatic carbocycles. The number of hydrogen-bond donors (Lipinski definition) is 2. The summed E-state index contributed by atoms with van der Waals surface area (Å²) in [6.45, 7) is 3.32. The lowest BCUT2D eigenvalue weighted by atomic mass is 10.1. The van der Waals surface area contributed by atoms with Crippen LogP contribution in [-0.2, 0) is 13.0 Å². The van der Waals surface area contributed by atoms with Crippen molar-refractivity contribution >= 4 is 5.96 Å². The lowest BCUT2D eigenvalue weighted by Gasteiger charge is -2.12. The Balaban J connectivity index is 1.44. The molecule has 1 heterocycles. The second-order valence-electron chi connectivity index (χ2n) is 6.90. The van der Waals surface area contributed by atoms with E-state index in [1.807, 2.05) is 13.0 Å². The number of guanidine groups is 1. The monoisotopic (exact) mass is 357 g/mol. The Morgan fingerprint density at radius 1 is 1.27 bits per heavy atom. The molecule has 0 amide bonds. The van der Waals surface area contributed by atoms with E-state index in [-0.39, 0.29) is 5.82 Å². The van der Waals surface area contributed by atoms with Crippen LogP contribution in [0.4, 0.5) is 4.39 Å². The van der Waals surface area contributed by atoms with Gasteiger partial charge in [-0.15, -0.1) is 0 Å². The van der Waals surface area contributed by atoms with Gasteiger partial charge < -0.3 is 10.6 Å². The molecule has 1 aliphatic rings. The average molecular weight is 357 g/mol. The zero-order valence-corrected chi connectivity index (χ0v) is 15.6. The van der Waals surface area contributed by atoms with E-state index in [9.17, 15) is 4.39 Å². The van der Waals surface area contributed by atoms with Crippen molar-refractivity contribution in [2.75, 3.05) is 13.6 Å². The zero-order valence-electron chi connectivity index (χ0n) is 15.6. The van der Waals surface area contributed by atoms with Crippen molar-refractivity contribution in [2.24, 2.45) is 4.99 Å². The van der Waals surface area contributed by atoms with Gasteiger partial charge in [0.05, 0.1) is 18.3 Å². The molecular formula is C20H28FN5. The molecule has 26 heavy (non-hydrogen) atoms. The van der Waals surface area contributed by atoms with Gasteiger partial charge in [0.15, 0.2) is 5.96 Å². The van der Waals surface area contributed by atoms with Crippen molar-refractivity contribution in [3.05, 3.63) is 53.1 Å². The van der Waals surface area contributed by atoms with Gasteiger partial charge in [-0.05, 0) is 55.5 Å². The van der Waals surface area contributed by atoms with Crippen LogP contribution in [0.3, 0.4) is 0 Å². The summed E-state index contributed by atoms with van der Waals surface area (Å²) in [6, 6.07) is 7.57. The predicted molar refractivity (Wildman–Crippen MR) is 103 cm³/mol. The Kier molecular flexibility index (Phi) is 6.26. The third-order valence-corrected chi connectivity index (χ3v) is 5.01. The number of nitrogens with one attached hydrogen (secondary N) is 2. The van der Waals surface area contributed by atoms with Crippen LogP contribution in [0.2, 0.25) is 0 Å². The van der Waals surface area contributed by atoms with Crippen LogP contribution >= 0.6 is 0 Å². The molecule has 2 N–H and O–H groups in total. The van der Waals surface area contributed by atoms with Crippen LogP contribution in [0.25, 0.3) is 0 Å². The van der Waals surface area contributed by atoms with Gasteiger partial charge in [-0.25, -0.2) is 4.39 Å². The Morgan fingerprint density at radius 3 is 2.81 bits per heavy atom. The van der Waals surface area contributed by atoms with E-state index in [2.05, 4.69) is 37.7 Å². The molecule has 0 unspecified atom stereocenters. The lowest BCUT2D eigenvalue weighted by molar-refractivity contribution is 0.462. The third-order valence-electron chi connectivity index (χ3n) is 5.01. The molecule has 0 atom stereocenters. The Morgan fingerprint density at radius 2 is 2.08 bits per heavy atom. The van der Waals surface area contributed by atoms with Crippen molar-refractivity contribution in [2.45, 2.75) is 51.6 Å². The van der Waals surface area contributed by atoms with Crippen LogP contribution in [-0.4, -0.2) is 29.3 Å². The van der Waals surface area contributed by atoms with Crippen molar-refractivity contribution in [1.29, 1.82) is 0 Å². The lowest BCUT2D eigenvalue weighted by Crippen LogP contribution is -2.38. The molecule has 3 rings (SSSR count). The molecule has 0 spiro atoms. The van der Waals surface area contributed by atoms with E-state index >= 15 is 0 Å². The fourth-order valence-electron chi connectivity index (χ4n) is 3.49. The SMILES string of the molecule is CN=C(NCCc1ccc(F)cc1C)NCc1ccn(C2CCCC2)n1. The first-order chi connectivity index (χ1) is 12.7. The van der Waals surface area contributed by atoms with Crippen molar-refractivity contribution in [3.8, 4) is 0 Å². The summed E-state index contributed by atoms with van der Waals surface area (Å²) < 4.78 is 15.3. The van der Waals surface area contributed by atoms with E-state index in [0.717, 1.165) is 35.7 Å². The number of benzene rings is 1. The third kappa shape index (κ3) is 4.84. The quantitative estimate of drug-likeness (QED) is 0.616. The first kappa shape index (κ1) is 18.4. The van der Waals surface area contributed by atoms with Crippen LogP contribution in [0.1, 0.15) is 48.5 Å². The highest BCUT2D eigenvalue weighted by Gasteiger charge is 2.17. The van der Waals surface area contributed by atoms with E-state index in [1.54, 1.807) is 13.1 Å². The van der Waals surface area contributed by atoms with Crippen molar-refractivity contribution in [3.63, 3.8) is 0 Å². The fourth-order valence-corrected chi connectivity index (χ4v) is 3.49. The van der Waals surface area contributed by atoms with Crippen LogP contribution in [0, 0.1) is 12.7 Å². The first-order valence-electron chi connectivity index (χ1n) is 9.39. The topological polar surface area (TPSA) is 54.2 Å².